The Bertz CT molecular complexity index is 194. The number of ether oxygens (including phenoxy) is 1. The summed E-state index contributed by atoms with van der Waals surface area (Å²) in [5.74, 6) is 0.881. The maximum atomic E-state index is 5.44. The maximum Gasteiger partial charge on any atom is 0.0590 e. The van der Waals surface area contributed by atoms with E-state index in [2.05, 4.69) is 17.1 Å². The largest absolute Gasteiger partial charge is 0.380 e. The second kappa shape index (κ2) is 6.58. The summed E-state index contributed by atoms with van der Waals surface area (Å²) in [5.41, 5.74) is 0. The number of likely N-dealkylation sites (tertiary alicyclic amines) is 1. The maximum absolute atomic E-state index is 5.44. The van der Waals surface area contributed by atoms with Crippen molar-refractivity contribution in [1.29, 1.82) is 0 Å². The molecule has 1 saturated heterocycles. The molecule has 1 heterocycles. The first-order valence-electron chi connectivity index (χ1n) is 6.92. The monoisotopic (exact) mass is 226 g/mol. The topological polar surface area (TPSA) is 24.5 Å². The van der Waals surface area contributed by atoms with Crippen LogP contribution in [0.1, 0.15) is 32.6 Å². The third-order valence-corrected chi connectivity index (χ3v) is 3.59. The van der Waals surface area contributed by atoms with Gasteiger partial charge in [0.2, 0.25) is 0 Å². The highest BCUT2D eigenvalue weighted by molar-refractivity contribution is 4.89. The number of nitrogens with zero attached hydrogens (tertiary/aromatic N) is 1. The molecule has 0 aromatic heterocycles. The van der Waals surface area contributed by atoms with Gasteiger partial charge in [-0.1, -0.05) is 6.92 Å². The molecule has 1 aliphatic carbocycles. The van der Waals surface area contributed by atoms with Crippen LogP contribution in [0.4, 0.5) is 0 Å². The summed E-state index contributed by atoms with van der Waals surface area (Å²) >= 11 is 0. The van der Waals surface area contributed by atoms with Gasteiger partial charge < -0.3 is 15.0 Å². The molecule has 2 aliphatic rings. The first-order chi connectivity index (χ1) is 7.90. The molecule has 16 heavy (non-hydrogen) atoms. The minimum Gasteiger partial charge on any atom is -0.380 e. The fourth-order valence-corrected chi connectivity index (χ4v) is 2.50. The predicted molar refractivity (Wildman–Crippen MR) is 66.7 cm³/mol. The lowest BCUT2D eigenvalue weighted by Gasteiger charge is -2.15. The minimum atomic E-state index is 0.868. The average molecular weight is 226 g/mol. The number of rotatable bonds is 8. The Morgan fingerprint density at radius 1 is 1.25 bits per heavy atom. The van der Waals surface area contributed by atoms with Crippen LogP contribution in [0, 0.1) is 5.92 Å². The second-order valence-electron chi connectivity index (χ2n) is 5.20. The summed E-state index contributed by atoms with van der Waals surface area (Å²) < 4.78 is 5.44. The van der Waals surface area contributed by atoms with Crippen LogP contribution in [0.5, 0.6) is 0 Å². The van der Waals surface area contributed by atoms with E-state index < -0.39 is 0 Å². The van der Waals surface area contributed by atoms with E-state index in [0.29, 0.717) is 0 Å². The number of nitrogens with one attached hydrogen (secondary N) is 1. The van der Waals surface area contributed by atoms with Gasteiger partial charge in [0.25, 0.3) is 0 Å². The highest BCUT2D eigenvalue weighted by Gasteiger charge is 2.33. The van der Waals surface area contributed by atoms with Gasteiger partial charge in [0.1, 0.15) is 0 Å². The zero-order chi connectivity index (χ0) is 11.2. The molecule has 1 N–H and O–H groups in total. The van der Waals surface area contributed by atoms with Crippen molar-refractivity contribution < 1.29 is 4.74 Å². The fraction of sp³-hybridized carbons (Fsp3) is 1.00. The molecule has 1 saturated carbocycles. The van der Waals surface area contributed by atoms with Gasteiger partial charge in [0.15, 0.2) is 0 Å². The normalized spacial score (nSPS) is 26.4. The first-order valence-corrected chi connectivity index (χ1v) is 6.92. The van der Waals surface area contributed by atoms with Crippen LogP contribution in [0.2, 0.25) is 0 Å². The third kappa shape index (κ3) is 4.04. The Morgan fingerprint density at radius 2 is 2.12 bits per heavy atom. The first kappa shape index (κ1) is 12.3. The standard InChI is InChI=1S/C13H26N2O/c1-2-8-16-9-6-14-10-12-5-7-15(11-12)13-3-4-13/h12-14H,2-11H2,1H3. The highest BCUT2D eigenvalue weighted by atomic mass is 16.5. The van der Waals surface area contributed by atoms with Crippen LogP contribution in [-0.4, -0.2) is 50.3 Å². The molecule has 1 atom stereocenters. The van der Waals surface area contributed by atoms with Crippen LogP contribution >= 0.6 is 0 Å². The molecule has 0 amide bonds. The van der Waals surface area contributed by atoms with Crippen molar-refractivity contribution in [3.05, 3.63) is 0 Å². The third-order valence-electron chi connectivity index (χ3n) is 3.59. The molecular weight excluding hydrogens is 200 g/mol. The molecule has 3 heteroatoms. The van der Waals surface area contributed by atoms with Crippen LogP contribution < -0.4 is 5.32 Å². The smallest absolute Gasteiger partial charge is 0.0590 e. The van der Waals surface area contributed by atoms with Crippen molar-refractivity contribution in [2.24, 2.45) is 5.92 Å². The molecule has 0 aromatic rings. The highest BCUT2D eigenvalue weighted by Crippen LogP contribution is 2.31. The molecule has 0 bridgehead atoms. The molecule has 2 fully saturated rings. The summed E-state index contributed by atoms with van der Waals surface area (Å²) in [6.07, 6.45) is 5.41. The van der Waals surface area contributed by atoms with Gasteiger partial charge in [-0.15, -0.1) is 0 Å². The molecule has 0 radical (unpaired) electrons. The van der Waals surface area contributed by atoms with E-state index in [9.17, 15) is 0 Å². The molecule has 0 spiro atoms. The molecule has 1 aliphatic heterocycles. The molecule has 94 valence electrons. The molecule has 3 nitrogen and oxygen atoms in total. The zero-order valence-electron chi connectivity index (χ0n) is 10.6. The number of hydrogen-bond donors (Lipinski definition) is 1. The summed E-state index contributed by atoms with van der Waals surface area (Å²) in [4.78, 5) is 2.68. The Kier molecular flexibility index (Phi) is 5.07. The van der Waals surface area contributed by atoms with E-state index in [1.165, 1.54) is 38.9 Å². The summed E-state index contributed by atoms with van der Waals surface area (Å²) in [7, 11) is 0. The van der Waals surface area contributed by atoms with Crippen molar-refractivity contribution in [3.63, 3.8) is 0 Å². The lowest BCUT2D eigenvalue weighted by Crippen LogP contribution is -2.29. The van der Waals surface area contributed by atoms with Gasteiger partial charge in [-0.05, 0) is 44.7 Å². The lowest BCUT2D eigenvalue weighted by molar-refractivity contribution is 0.135. The lowest BCUT2D eigenvalue weighted by atomic mass is 10.1. The fourth-order valence-electron chi connectivity index (χ4n) is 2.50. The van der Waals surface area contributed by atoms with Crippen molar-refractivity contribution in [2.75, 3.05) is 39.4 Å². The van der Waals surface area contributed by atoms with E-state index in [4.69, 9.17) is 4.74 Å². The minimum absolute atomic E-state index is 0.868. The van der Waals surface area contributed by atoms with Crippen LogP contribution in [0.25, 0.3) is 0 Å². The zero-order valence-corrected chi connectivity index (χ0v) is 10.6. The quantitative estimate of drug-likeness (QED) is 0.635. The molecule has 1 unspecified atom stereocenters. The summed E-state index contributed by atoms with van der Waals surface area (Å²) in [5, 5.41) is 3.51. The van der Waals surface area contributed by atoms with Crippen molar-refractivity contribution in [2.45, 2.75) is 38.6 Å². The Balaban J connectivity index is 1.44. The second-order valence-corrected chi connectivity index (χ2v) is 5.20. The van der Waals surface area contributed by atoms with Crippen LogP contribution in [-0.2, 0) is 4.74 Å². The Morgan fingerprint density at radius 3 is 2.88 bits per heavy atom. The molecular formula is C13H26N2O. The average Bonchev–Trinajstić information content (AvgIpc) is 3.04. The van der Waals surface area contributed by atoms with Gasteiger partial charge in [-0.3, -0.25) is 0 Å². The SMILES string of the molecule is CCCOCCNCC1CCN(C2CC2)C1. The summed E-state index contributed by atoms with van der Waals surface area (Å²) in [6.45, 7) is 8.78. The van der Waals surface area contributed by atoms with Gasteiger partial charge >= 0.3 is 0 Å². The van der Waals surface area contributed by atoms with Crippen molar-refractivity contribution in [3.8, 4) is 0 Å². The van der Waals surface area contributed by atoms with E-state index in [1.807, 2.05) is 0 Å². The van der Waals surface area contributed by atoms with Gasteiger partial charge in [-0.2, -0.15) is 0 Å². The van der Waals surface area contributed by atoms with E-state index >= 15 is 0 Å². The van der Waals surface area contributed by atoms with E-state index in [-0.39, 0.29) is 0 Å². The Hall–Kier alpha value is -0.120. The van der Waals surface area contributed by atoms with Crippen molar-refractivity contribution >= 4 is 0 Å². The van der Waals surface area contributed by atoms with Gasteiger partial charge in [0, 0.05) is 25.7 Å². The molecule has 2 rings (SSSR count). The summed E-state index contributed by atoms with van der Waals surface area (Å²) in [6, 6.07) is 0.956. The predicted octanol–water partition coefficient (Wildman–Crippen LogP) is 1.49. The molecule has 0 aromatic carbocycles. The number of hydrogen-bond acceptors (Lipinski definition) is 3. The van der Waals surface area contributed by atoms with Gasteiger partial charge in [-0.25, -0.2) is 0 Å². The van der Waals surface area contributed by atoms with Crippen LogP contribution in [0.3, 0.4) is 0 Å². The van der Waals surface area contributed by atoms with Crippen molar-refractivity contribution in [1.82, 2.24) is 10.2 Å². The van der Waals surface area contributed by atoms with E-state index in [0.717, 1.165) is 38.1 Å². The van der Waals surface area contributed by atoms with Gasteiger partial charge in [0.05, 0.1) is 6.61 Å². The van der Waals surface area contributed by atoms with E-state index in [1.54, 1.807) is 0 Å². The Labute approximate surface area is 99.5 Å². The van der Waals surface area contributed by atoms with Crippen LogP contribution in [0.15, 0.2) is 0 Å².